The molecule has 0 aromatic heterocycles. The summed E-state index contributed by atoms with van der Waals surface area (Å²) in [5.41, 5.74) is 3.37. The average Bonchev–Trinajstić information content (AvgIpc) is 2.38. The Bertz CT molecular complexity index is 333. The molecule has 1 aromatic rings. The van der Waals surface area contributed by atoms with E-state index >= 15 is 0 Å². The van der Waals surface area contributed by atoms with Crippen molar-refractivity contribution in [1.82, 2.24) is 0 Å². The van der Waals surface area contributed by atoms with Gasteiger partial charge in [0.25, 0.3) is 0 Å². The molecule has 0 aliphatic heterocycles. The highest BCUT2D eigenvalue weighted by Crippen LogP contribution is 2.13. The van der Waals surface area contributed by atoms with Crippen molar-refractivity contribution in [3.63, 3.8) is 0 Å². The van der Waals surface area contributed by atoms with Crippen molar-refractivity contribution in [1.29, 1.82) is 0 Å². The van der Waals surface area contributed by atoms with E-state index in [1.165, 1.54) is 19.3 Å². The summed E-state index contributed by atoms with van der Waals surface area (Å²) in [6.45, 7) is 2.18. The third-order valence-corrected chi connectivity index (χ3v) is 2.84. The summed E-state index contributed by atoms with van der Waals surface area (Å²) in [4.78, 5) is 11.8. The number of carbonyl (C=O) groups is 1. The molecule has 0 aliphatic carbocycles. The number of hydrogen-bond acceptors (Lipinski definition) is 3. The molecule has 94 valence electrons. The van der Waals surface area contributed by atoms with Crippen molar-refractivity contribution in [3.05, 3.63) is 29.8 Å². The van der Waals surface area contributed by atoms with Gasteiger partial charge in [0, 0.05) is 12.0 Å². The second kappa shape index (κ2) is 7.85. The number of hydrogen-bond donors (Lipinski definition) is 2. The maximum atomic E-state index is 11.8. The fourth-order valence-corrected chi connectivity index (χ4v) is 1.76. The normalized spacial score (nSPS) is 10.2. The van der Waals surface area contributed by atoms with Crippen LogP contribution in [0.15, 0.2) is 24.3 Å². The molecular weight excluding hydrogens is 214 g/mol. The van der Waals surface area contributed by atoms with E-state index in [2.05, 4.69) is 6.92 Å². The van der Waals surface area contributed by atoms with Crippen LogP contribution in [0.2, 0.25) is 0 Å². The predicted molar refractivity (Wildman–Crippen MR) is 69.6 cm³/mol. The number of anilines is 1. The van der Waals surface area contributed by atoms with E-state index in [4.69, 9.17) is 5.21 Å². The smallest absolute Gasteiger partial charge is 0.162 e. The minimum atomic E-state index is 0.186. The summed E-state index contributed by atoms with van der Waals surface area (Å²) in [5, 5.41) is 8.66. The lowest BCUT2D eigenvalue weighted by molar-refractivity contribution is 0.0979. The van der Waals surface area contributed by atoms with Gasteiger partial charge in [0.05, 0.1) is 5.69 Å². The Morgan fingerprint density at radius 3 is 2.35 bits per heavy atom. The summed E-state index contributed by atoms with van der Waals surface area (Å²) in [5.74, 6) is 0.186. The van der Waals surface area contributed by atoms with Crippen LogP contribution in [0.5, 0.6) is 0 Å². The van der Waals surface area contributed by atoms with E-state index in [1.54, 1.807) is 24.3 Å². The topological polar surface area (TPSA) is 49.3 Å². The summed E-state index contributed by atoms with van der Waals surface area (Å²) in [7, 11) is 0. The van der Waals surface area contributed by atoms with E-state index in [0.29, 0.717) is 12.1 Å². The molecule has 0 unspecified atom stereocenters. The summed E-state index contributed by atoms with van der Waals surface area (Å²) < 4.78 is 0. The monoisotopic (exact) mass is 235 g/mol. The summed E-state index contributed by atoms with van der Waals surface area (Å²) >= 11 is 0. The third-order valence-electron chi connectivity index (χ3n) is 2.84. The van der Waals surface area contributed by atoms with Crippen molar-refractivity contribution in [2.75, 3.05) is 5.48 Å². The van der Waals surface area contributed by atoms with Crippen LogP contribution in [0.3, 0.4) is 0 Å². The minimum absolute atomic E-state index is 0.186. The van der Waals surface area contributed by atoms with Crippen LogP contribution in [0.1, 0.15) is 55.8 Å². The van der Waals surface area contributed by atoms with Crippen LogP contribution in [0.4, 0.5) is 5.69 Å². The Hall–Kier alpha value is -1.35. The van der Waals surface area contributed by atoms with Crippen LogP contribution in [0.25, 0.3) is 0 Å². The van der Waals surface area contributed by atoms with Crippen molar-refractivity contribution < 1.29 is 10.0 Å². The van der Waals surface area contributed by atoms with Crippen LogP contribution in [-0.4, -0.2) is 11.0 Å². The number of rotatable bonds is 8. The van der Waals surface area contributed by atoms with Crippen molar-refractivity contribution >= 4 is 11.5 Å². The van der Waals surface area contributed by atoms with Crippen molar-refractivity contribution in [3.8, 4) is 0 Å². The number of carbonyl (C=O) groups excluding carboxylic acids is 1. The summed E-state index contributed by atoms with van der Waals surface area (Å²) in [6, 6.07) is 6.88. The Morgan fingerprint density at radius 1 is 1.12 bits per heavy atom. The molecule has 1 aromatic carbocycles. The lowest BCUT2D eigenvalue weighted by Crippen LogP contribution is -1.99. The van der Waals surface area contributed by atoms with Gasteiger partial charge in [0.1, 0.15) is 0 Å². The van der Waals surface area contributed by atoms with Crippen LogP contribution in [-0.2, 0) is 0 Å². The molecule has 0 bridgehead atoms. The Labute approximate surface area is 103 Å². The first kappa shape index (κ1) is 13.7. The molecule has 0 aliphatic rings. The molecule has 0 fully saturated rings. The van der Waals surface area contributed by atoms with E-state index in [9.17, 15) is 4.79 Å². The van der Waals surface area contributed by atoms with E-state index in [0.717, 1.165) is 18.4 Å². The highest BCUT2D eigenvalue weighted by atomic mass is 16.5. The zero-order valence-corrected chi connectivity index (χ0v) is 10.4. The van der Waals surface area contributed by atoms with E-state index in [1.807, 2.05) is 5.48 Å². The molecule has 17 heavy (non-hydrogen) atoms. The van der Waals surface area contributed by atoms with E-state index < -0.39 is 0 Å². The second-order valence-corrected chi connectivity index (χ2v) is 4.28. The SMILES string of the molecule is CCCCCCCC(=O)c1ccc(NO)cc1. The quantitative estimate of drug-likeness (QED) is 0.406. The largest absolute Gasteiger partial charge is 0.294 e. The van der Waals surface area contributed by atoms with Gasteiger partial charge in [0.2, 0.25) is 0 Å². The van der Waals surface area contributed by atoms with Gasteiger partial charge >= 0.3 is 0 Å². The van der Waals surface area contributed by atoms with Gasteiger partial charge in [-0.3, -0.25) is 15.5 Å². The standard InChI is InChI=1S/C14H21NO2/c1-2-3-4-5-6-7-14(16)12-8-10-13(15-17)11-9-12/h8-11,15,17H,2-7H2,1H3. The Morgan fingerprint density at radius 2 is 1.76 bits per heavy atom. The minimum Gasteiger partial charge on any atom is -0.294 e. The molecule has 0 saturated heterocycles. The van der Waals surface area contributed by atoms with Gasteiger partial charge in [-0.15, -0.1) is 0 Å². The summed E-state index contributed by atoms with van der Waals surface area (Å²) in [6.07, 6.45) is 6.43. The first-order valence-corrected chi connectivity index (χ1v) is 6.31. The number of nitrogens with one attached hydrogen (secondary N) is 1. The second-order valence-electron chi connectivity index (χ2n) is 4.28. The van der Waals surface area contributed by atoms with Crippen molar-refractivity contribution in [2.45, 2.75) is 45.4 Å². The first-order valence-electron chi connectivity index (χ1n) is 6.31. The van der Waals surface area contributed by atoms with Gasteiger partial charge in [-0.1, -0.05) is 32.6 Å². The fourth-order valence-electron chi connectivity index (χ4n) is 1.76. The molecular formula is C14H21NO2. The van der Waals surface area contributed by atoms with Gasteiger partial charge in [-0.05, 0) is 30.7 Å². The predicted octanol–water partition coefficient (Wildman–Crippen LogP) is 4.03. The van der Waals surface area contributed by atoms with Gasteiger partial charge < -0.3 is 0 Å². The first-order chi connectivity index (χ1) is 8.27. The highest BCUT2D eigenvalue weighted by Gasteiger charge is 2.05. The maximum Gasteiger partial charge on any atom is 0.162 e. The number of ketones is 1. The molecule has 1 rings (SSSR count). The molecule has 0 saturated carbocycles. The van der Waals surface area contributed by atoms with Crippen LogP contribution >= 0.6 is 0 Å². The molecule has 0 amide bonds. The molecule has 3 nitrogen and oxygen atoms in total. The molecule has 0 radical (unpaired) electrons. The molecule has 0 spiro atoms. The molecule has 0 atom stereocenters. The van der Waals surface area contributed by atoms with Gasteiger partial charge in [-0.25, -0.2) is 0 Å². The number of benzene rings is 1. The molecule has 3 heteroatoms. The third kappa shape index (κ3) is 5.00. The fraction of sp³-hybridized carbons (Fsp3) is 0.500. The maximum absolute atomic E-state index is 11.8. The lowest BCUT2D eigenvalue weighted by atomic mass is 10.0. The Balaban J connectivity index is 2.31. The molecule has 2 N–H and O–H groups in total. The zero-order chi connectivity index (χ0) is 12.5. The zero-order valence-electron chi connectivity index (χ0n) is 10.4. The van der Waals surface area contributed by atoms with E-state index in [-0.39, 0.29) is 5.78 Å². The molecule has 0 heterocycles. The van der Waals surface area contributed by atoms with Gasteiger partial charge in [0.15, 0.2) is 5.78 Å². The highest BCUT2D eigenvalue weighted by molar-refractivity contribution is 5.96. The lowest BCUT2D eigenvalue weighted by Gasteiger charge is -2.03. The number of unbranched alkanes of at least 4 members (excludes halogenated alkanes) is 4. The van der Waals surface area contributed by atoms with Gasteiger partial charge in [-0.2, -0.15) is 0 Å². The van der Waals surface area contributed by atoms with Crippen LogP contribution < -0.4 is 5.48 Å². The average molecular weight is 235 g/mol. The number of Topliss-reactive ketones (excluding diaryl/α,β-unsaturated/α-hetero) is 1. The van der Waals surface area contributed by atoms with Crippen LogP contribution in [0, 0.1) is 0 Å². The van der Waals surface area contributed by atoms with Crippen molar-refractivity contribution in [2.24, 2.45) is 0 Å². The Kier molecular flexibility index (Phi) is 6.33.